The van der Waals surface area contributed by atoms with E-state index in [1.54, 1.807) is 0 Å². The minimum absolute atomic E-state index is 0.609. The zero-order valence-corrected chi connectivity index (χ0v) is 36.9. The second-order valence-corrected chi connectivity index (χ2v) is 17.2. The summed E-state index contributed by atoms with van der Waals surface area (Å²) in [5, 5.41) is 4.81. The van der Waals surface area contributed by atoms with E-state index in [-0.39, 0.29) is 0 Å². The molecule has 3 heterocycles. The van der Waals surface area contributed by atoms with Gasteiger partial charge in [-0.3, -0.25) is 0 Å². The van der Waals surface area contributed by atoms with Crippen LogP contribution in [0.25, 0.3) is 123 Å². The third-order valence-corrected chi connectivity index (χ3v) is 13.1. The van der Waals surface area contributed by atoms with E-state index < -0.39 is 0 Å². The van der Waals surface area contributed by atoms with Crippen LogP contribution in [0.3, 0.4) is 0 Å². The minimum Gasteiger partial charge on any atom is -0.309 e. The zero-order valence-electron chi connectivity index (χ0n) is 36.9. The minimum atomic E-state index is 0.609. The van der Waals surface area contributed by atoms with Crippen LogP contribution in [0.5, 0.6) is 0 Å². The number of nitrogens with zero attached hydrogens (tertiary/aromatic N) is 5. The first kappa shape index (κ1) is 39.2. The molecule has 0 unspecified atom stereocenters. The number of hydrogen-bond acceptors (Lipinski definition) is 3. The highest BCUT2D eigenvalue weighted by Gasteiger charge is 2.20. The van der Waals surface area contributed by atoms with E-state index in [1.165, 1.54) is 43.8 Å². The standard InChI is InChI=1S/C63H41N5/c1-4-18-42(19-5-1)44-22-14-23-45(38-44)46-36-37-58-55(41-46)60-52(32-17-35-59(60)67(58)50-27-8-3-9-28-50)47-24-15-25-48(39-47)62-64-61(43-20-6-2-7-21-43)65-63(66-62)49-26-16-29-51(40-49)68-56-33-12-10-30-53(56)54-31-11-13-34-57(54)68/h1-41H. The van der Waals surface area contributed by atoms with Gasteiger partial charge in [-0.2, -0.15) is 0 Å². The van der Waals surface area contributed by atoms with Gasteiger partial charge in [0.05, 0.1) is 22.1 Å². The van der Waals surface area contributed by atoms with Gasteiger partial charge in [0.1, 0.15) is 0 Å². The summed E-state index contributed by atoms with van der Waals surface area (Å²) in [6, 6.07) is 88.2. The van der Waals surface area contributed by atoms with Gasteiger partial charge in [-0.1, -0.05) is 182 Å². The van der Waals surface area contributed by atoms with Crippen LogP contribution in [0.4, 0.5) is 0 Å². The Kier molecular flexibility index (Phi) is 9.43. The zero-order chi connectivity index (χ0) is 45.0. The number of benzene rings is 10. The first-order valence-electron chi connectivity index (χ1n) is 23.0. The van der Waals surface area contributed by atoms with Crippen LogP contribution >= 0.6 is 0 Å². The van der Waals surface area contributed by atoms with Gasteiger partial charge in [0.25, 0.3) is 0 Å². The lowest BCUT2D eigenvalue weighted by atomic mass is 9.95. The molecule has 3 aromatic heterocycles. The van der Waals surface area contributed by atoms with Gasteiger partial charge in [0.15, 0.2) is 17.5 Å². The molecule has 0 fully saturated rings. The van der Waals surface area contributed by atoms with Crippen molar-refractivity contribution in [1.82, 2.24) is 24.1 Å². The molecule has 10 aromatic carbocycles. The molecule has 0 amide bonds. The van der Waals surface area contributed by atoms with Crippen molar-refractivity contribution >= 4 is 43.6 Å². The molecule has 5 heteroatoms. The quantitative estimate of drug-likeness (QED) is 0.153. The van der Waals surface area contributed by atoms with E-state index >= 15 is 0 Å². The number of fused-ring (bicyclic) bond motifs is 6. The van der Waals surface area contributed by atoms with Crippen molar-refractivity contribution in [1.29, 1.82) is 0 Å². The monoisotopic (exact) mass is 867 g/mol. The van der Waals surface area contributed by atoms with E-state index in [2.05, 4.69) is 240 Å². The van der Waals surface area contributed by atoms with Crippen LogP contribution in [0.15, 0.2) is 249 Å². The Bertz CT molecular complexity index is 3970. The lowest BCUT2D eigenvalue weighted by Gasteiger charge is -2.12. The van der Waals surface area contributed by atoms with Gasteiger partial charge in [-0.15, -0.1) is 0 Å². The number of para-hydroxylation sites is 3. The predicted molar refractivity (Wildman–Crippen MR) is 281 cm³/mol. The maximum absolute atomic E-state index is 5.28. The summed E-state index contributed by atoms with van der Waals surface area (Å²) in [5.41, 5.74) is 16.4. The first-order valence-corrected chi connectivity index (χ1v) is 23.0. The summed E-state index contributed by atoms with van der Waals surface area (Å²) in [5.74, 6) is 1.84. The van der Waals surface area contributed by atoms with Gasteiger partial charge in [0.2, 0.25) is 0 Å². The molecule has 0 aliphatic heterocycles. The Balaban J connectivity index is 0.970. The largest absolute Gasteiger partial charge is 0.309 e. The van der Waals surface area contributed by atoms with Crippen molar-refractivity contribution in [3.8, 4) is 78.9 Å². The molecule has 0 N–H and O–H groups in total. The third kappa shape index (κ3) is 6.76. The Morgan fingerprint density at radius 3 is 1.35 bits per heavy atom. The topological polar surface area (TPSA) is 48.5 Å². The molecule has 68 heavy (non-hydrogen) atoms. The molecule has 0 radical (unpaired) electrons. The summed E-state index contributed by atoms with van der Waals surface area (Å²) in [6.07, 6.45) is 0. The number of aromatic nitrogens is 5. The molecule has 0 saturated heterocycles. The normalized spacial score (nSPS) is 11.5. The molecule has 13 aromatic rings. The Labute approximate surface area is 393 Å². The summed E-state index contributed by atoms with van der Waals surface area (Å²) in [4.78, 5) is 15.6. The average Bonchev–Trinajstić information content (AvgIpc) is 3.94. The molecule has 0 aliphatic carbocycles. The van der Waals surface area contributed by atoms with E-state index in [9.17, 15) is 0 Å². The Morgan fingerprint density at radius 1 is 0.235 bits per heavy atom. The first-order chi connectivity index (χ1) is 33.7. The molecule has 0 bridgehead atoms. The van der Waals surface area contributed by atoms with Crippen LogP contribution in [0, 0.1) is 0 Å². The molecule has 13 rings (SSSR count). The molecule has 318 valence electrons. The number of hydrogen-bond donors (Lipinski definition) is 0. The molecule has 0 spiro atoms. The molecular formula is C63H41N5. The highest BCUT2D eigenvalue weighted by Crippen LogP contribution is 2.42. The maximum atomic E-state index is 5.28. The highest BCUT2D eigenvalue weighted by atomic mass is 15.0. The van der Waals surface area contributed by atoms with Crippen LogP contribution in [-0.2, 0) is 0 Å². The fraction of sp³-hybridized carbons (Fsp3) is 0. The fourth-order valence-corrected chi connectivity index (χ4v) is 10.0. The molecule has 5 nitrogen and oxygen atoms in total. The van der Waals surface area contributed by atoms with Gasteiger partial charge in [-0.05, 0) is 100 Å². The smallest absolute Gasteiger partial charge is 0.164 e. The summed E-state index contributed by atoms with van der Waals surface area (Å²) in [6.45, 7) is 0. The van der Waals surface area contributed by atoms with Gasteiger partial charge >= 0.3 is 0 Å². The molecule has 0 saturated carbocycles. The molecular weight excluding hydrogens is 827 g/mol. The van der Waals surface area contributed by atoms with Gasteiger partial charge in [-0.25, -0.2) is 15.0 Å². The van der Waals surface area contributed by atoms with Gasteiger partial charge in [0, 0.05) is 49.6 Å². The fourth-order valence-electron chi connectivity index (χ4n) is 10.0. The Morgan fingerprint density at radius 2 is 0.662 bits per heavy atom. The van der Waals surface area contributed by atoms with E-state index in [0.717, 1.165) is 61.3 Å². The van der Waals surface area contributed by atoms with Gasteiger partial charge < -0.3 is 9.13 Å². The lowest BCUT2D eigenvalue weighted by Crippen LogP contribution is -2.01. The van der Waals surface area contributed by atoms with E-state index in [4.69, 9.17) is 15.0 Å². The van der Waals surface area contributed by atoms with E-state index in [0.29, 0.717) is 17.5 Å². The highest BCUT2D eigenvalue weighted by molar-refractivity contribution is 6.17. The summed E-state index contributed by atoms with van der Waals surface area (Å²) >= 11 is 0. The SMILES string of the molecule is c1ccc(-c2cccc(-c3ccc4c(c3)c3c(-c5cccc(-c6nc(-c7ccccc7)nc(-c7cccc(-n8c9ccccc9c9ccccc98)c7)n6)c5)cccc3n4-c3ccccc3)c2)cc1. The van der Waals surface area contributed by atoms with Crippen LogP contribution in [0.1, 0.15) is 0 Å². The summed E-state index contributed by atoms with van der Waals surface area (Å²) in [7, 11) is 0. The van der Waals surface area contributed by atoms with Crippen molar-refractivity contribution in [2.45, 2.75) is 0 Å². The van der Waals surface area contributed by atoms with Crippen molar-refractivity contribution in [2.75, 3.05) is 0 Å². The van der Waals surface area contributed by atoms with Crippen molar-refractivity contribution in [3.05, 3.63) is 249 Å². The maximum Gasteiger partial charge on any atom is 0.164 e. The van der Waals surface area contributed by atoms with E-state index in [1.807, 2.05) is 18.2 Å². The van der Waals surface area contributed by atoms with Crippen LogP contribution in [0.2, 0.25) is 0 Å². The second kappa shape index (κ2) is 16.4. The average molecular weight is 868 g/mol. The lowest BCUT2D eigenvalue weighted by molar-refractivity contribution is 1.07. The second-order valence-electron chi connectivity index (χ2n) is 17.2. The Hall–Kier alpha value is -9.19. The van der Waals surface area contributed by atoms with Crippen molar-refractivity contribution in [2.24, 2.45) is 0 Å². The van der Waals surface area contributed by atoms with Crippen LogP contribution in [-0.4, -0.2) is 24.1 Å². The van der Waals surface area contributed by atoms with Crippen molar-refractivity contribution in [3.63, 3.8) is 0 Å². The van der Waals surface area contributed by atoms with Crippen molar-refractivity contribution < 1.29 is 0 Å². The third-order valence-electron chi connectivity index (χ3n) is 13.1. The number of rotatable bonds is 8. The molecule has 0 aliphatic rings. The molecule has 0 atom stereocenters. The van der Waals surface area contributed by atoms with Crippen LogP contribution < -0.4 is 0 Å². The predicted octanol–water partition coefficient (Wildman–Crippen LogP) is 16.1. The summed E-state index contributed by atoms with van der Waals surface area (Å²) < 4.78 is 4.72.